The maximum atomic E-state index is 8.60. The van der Waals surface area contributed by atoms with Crippen LogP contribution in [0.1, 0.15) is 45.3 Å². The van der Waals surface area contributed by atoms with Crippen LogP contribution in [0.4, 0.5) is 0 Å². The number of hydrogen-bond donors (Lipinski definition) is 1. The standard InChI is InChI=1S/C14H21N3/c1-12(13-7-4-5-10-16-13)17-11-14(2,3)8-6-9-15/h4-5,7,10,12,17H,6,8,11H2,1-3H3/t12-/m0/s1. The number of rotatable bonds is 6. The molecule has 0 saturated carbocycles. The van der Waals surface area contributed by atoms with Gasteiger partial charge >= 0.3 is 0 Å². The van der Waals surface area contributed by atoms with Crippen LogP contribution in [0.5, 0.6) is 0 Å². The Morgan fingerprint density at radius 3 is 2.82 bits per heavy atom. The first-order valence-electron chi connectivity index (χ1n) is 6.06. The molecule has 17 heavy (non-hydrogen) atoms. The fourth-order valence-electron chi connectivity index (χ4n) is 1.65. The van der Waals surface area contributed by atoms with Gasteiger partial charge in [-0.3, -0.25) is 4.98 Å². The van der Waals surface area contributed by atoms with Crippen LogP contribution < -0.4 is 5.32 Å². The lowest BCUT2D eigenvalue weighted by Gasteiger charge is -2.26. The lowest BCUT2D eigenvalue weighted by Crippen LogP contribution is -2.31. The minimum Gasteiger partial charge on any atom is -0.308 e. The Labute approximate surface area is 104 Å². The Balaban J connectivity index is 2.43. The molecule has 3 heteroatoms. The number of pyridine rings is 1. The van der Waals surface area contributed by atoms with Gasteiger partial charge in [-0.2, -0.15) is 5.26 Å². The summed E-state index contributed by atoms with van der Waals surface area (Å²) in [7, 11) is 0. The average Bonchev–Trinajstić information content (AvgIpc) is 2.35. The molecule has 1 heterocycles. The van der Waals surface area contributed by atoms with Crippen LogP contribution in [0.25, 0.3) is 0 Å². The van der Waals surface area contributed by atoms with Gasteiger partial charge in [-0.15, -0.1) is 0 Å². The molecule has 0 aliphatic heterocycles. The molecule has 0 spiro atoms. The van der Waals surface area contributed by atoms with Crippen LogP contribution in [0.2, 0.25) is 0 Å². The average molecular weight is 231 g/mol. The zero-order chi connectivity index (χ0) is 12.7. The normalized spacial score (nSPS) is 13.1. The van der Waals surface area contributed by atoms with E-state index < -0.39 is 0 Å². The molecule has 1 N–H and O–H groups in total. The van der Waals surface area contributed by atoms with Gasteiger partial charge < -0.3 is 5.32 Å². The second-order valence-electron chi connectivity index (χ2n) is 5.18. The fourth-order valence-corrected chi connectivity index (χ4v) is 1.65. The van der Waals surface area contributed by atoms with Crippen LogP contribution >= 0.6 is 0 Å². The van der Waals surface area contributed by atoms with Crippen molar-refractivity contribution >= 4 is 0 Å². The monoisotopic (exact) mass is 231 g/mol. The molecule has 0 bridgehead atoms. The SMILES string of the molecule is C[C@H](NCC(C)(C)CCC#N)c1ccccn1. The highest BCUT2D eigenvalue weighted by Gasteiger charge is 2.18. The number of hydrogen-bond acceptors (Lipinski definition) is 3. The van der Waals surface area contributed by atoms with Crippen LogP contribution in [0.15, 0.2) is 24.4 Å². The zero-order valence-electron chi connectivity index (χ0n) is 10.9. The predicted octanol–water partition coefficient (Wildman–Crippen LogP) is 3.06. The quantitative estimate of drug-likeness (QED) is 0.818. The fraction of sp³-hybridized carbons (Fsp3) is 0.571. The molecule has 0 aromatic carbocycles. The van der Waals surface area contributed by atoms with Gasteiger partial charge in [-0.1, -0.05) is 19.9 Å². The Morgan fingerprint density at radius 1 is 1.47 bits per heavy atom. The van der Waals surface area contributed by atoms with Crippen molar-refractivity contribution in [1.82, 2.24) is 10.3 Å². The second kappa shape index (κ2) is 6.36. The first-order valence-corrected chi connectivity index (χ1v) is 6.06. The van der Waals surface area contributed by atoms with E-state index in [-0.39, 0.29) is 11.5 Å². The Bertz CT molecular complexity index is 365. The van der Waals surface area contributed by atoms with Gasteiger partial charge in [0.15, 0.2) is 0 Å². The van der Waals surface area contributed by atoms with Crippen LogP contribution in [0.3, 0.4) is 0 Å². The van der Waals surface area contributed by atoms with Gasteiger partial charge in [0.25, 0.3) is 0 Å². The van der Waals surface area contributed by atoms with E-state index in [2.05, 4.69) is 37.1 Å². The number of nitrogens with zero attached hydrogens (tertiary/aromatic N) is 2. The molecule has 1 atom stereocenters. The molecule has 0 fully saturated rings. The molecule has 0 aliphatic rings. The molecule has 0 unspecified atom stereocenters. The second-order valence-corrected chi connectivity index (χ2v) is 5.18. The van der Waals surface area contributed by atoms with E-state index in [1.165, 1.54) is 0 Å². The summed E-state index contributed by atoms with van der Waals surface area (Å²) in [6.07, 6.45) is 3.35. The molecule has 1 aromatic heterocycles. The van der Waals surface area contributed by atoms with Crippen LogP contribution in [-0.2, 0) is 0 Å². The summed E-state index contributed by atoms with van der Waals surface area (Å²) in [6, 6.07) is 8.40. The van der Waals surface area contributed by atoms with E-state index in [4.69, 9.17) is 5.26 Å². The topological polar surface area (TPSA) is 48.7 Å². The summed E-state index contributed by atoms with van der Waals surface area (Å²) < 4.78 is 0. The third-order valence-electron chi connectivity index (χ3n) is 2.93. The lowest BCUT2D eigenvalue weighted by molar-refractivity contribution is 0.303. The maximum absolute atomic E-state index is 8.60. The highest BCUT2D eigenvalue weighted by molar-refractivity contribution is 5.07. The van der Waals surface area contributed by atoms with Gasteiger partial charge in [0.1, 0.15) is 0 Å². The van der Waals surface area contributed by atoms with Crippen LogP contribution in [0, 0.1) is 16.7 Å². The van der Waals surface area contributed by atoms with E-state index in [1.54, 1.807) is 0 Å². The first-order chi connectivity index (χ1) is 8.05. The van der Waals surface area contributed by atoms with Crippen molar-refractivity contribution in [3.63, 3.8) is 0 Å². The molecule has 0 saturated heterocycles. The Kier molecular flexibility index (Phi) is 5.11. The van der Waals surface area contributed by atoms with Crippen molar-refractivity contribution < 1.29 is 0 Å². The Hall–Kier alpha value is -1.40. The van der Waals surface area contributed by atoms with E-state index in [0.717, 1.165) is 18.7 Å². The lowest BCUT2D eigenvalue weighted by atomic mass is 9.87. The molecule has 0 radical (unpaired) electrons. The highest BCUT2D eigenvalue weighted by atomic mass is 14.9. The third-order valence-corrected chi connectivity index (χ3v) is 2.93. The summed E-state index contributed by atoms with van der Waals surface area (Å²) in [4.78, 5) is 4.33. The number of aromatic nitrogens is 1. The predicted molar refractivity (Wildman–Crippen MR) is 69.3 cm³/mol. The van der Waals surface area contributed by atoms with Gasteiger partial charge in [-0.05, 0) is 30.9 Å². The molecule has 0 aliphatic carbocycles. The third kappa shape index (κ3) is 4.97. The van der Waals surface area contributed by atoms with Crippen LogP contribution in [-0.4, -0.2) is 11.5 Å². The van der Waals surface area contributed by atoms with Crippen molar-refractivity contribution in [2.24, 2.45) is 5.41 Å². The summed E-state index contributed by atoms with van der Waals surface area (Å²) in [6.45, 7) is 7.38. The van der Waals surface area contributed by atoms with Gasteiger partial charge in [-0.25, -0.2) is 0 Å². The molecule has 1 rings (SSSR count). The summed E-state index contributed by atoms with van der Waals surface area (Å²) in [5, 5.41) is 12.1. The smallest absolute Gasteiger partial charge is 0.0621 e. The molecular formula is C14H21N3. The summed E-state index contributed by atoms with van der Waals surface area (Å²) in [5.74, 6) is 0. The molecule has 3 nitrogen and oxygen atoms in total. The minimum atomic E-state index is 0.152. The van der Waals surface area contributed by atoms with Gasteiger partial charge in [0, 0.05) is 25.2 Å². The van der Waals surface area contributed by atoms with E-state index >= 15 is 0 Å². The first kappa shape index (κ1) is 13.7. The minimum absolute atomic E-state index is 0.152. The number of nitrogens with one attached hydrogen (secondary N) is 1. The maximum Gasteiger partial charge on any atom is 0.0621 e. The summed E-state index contributed by atoms with van der Waals surface area (Å²) in [5.41, 5.74) is 1.21. The van der Waals surface area contributed by atoms with E-state index in [1.807, 2.05) is 24.4 Å². The van der Waals surface area contributed by atoms with Gasteiger partial charge in [0.2, 0.25) is 0 Å². The van der Waals surface area contributed by atoms with Crippen molar-refractivity contribution in [3.8, 4) is 6.07 Å². The molecule has 92 valence electrons. The zero-order valence-corrected chi connectivity index (χ0v) is 10.9. The van der Waals surface area contributed by atoms with E-state index in [0.29, 0.717) is 6.42 Å². The largest absolute Gasteiger partial charge is 0.308 e. The van der Waals surface area contributed by atoms with Crippen molar-refractivity contribution in [3.05, 3.63) is 30.1 Å². The summed E-state index contributed by atoms with van der Waals surface area (Å²) >= 11 is 0. The van der Waals surface area contributed by atoms with Gasteiger partial charge in [0.05, 0.1) is 11.8 Å². The molecule has 1 aromatic rings. The van der Waals surface area contributed by atoms with E-state index in [9.17, 15) is 0 Å². The Morgan fingerprint density at radius 2 is 2.24 bits per heavy atom. The molecular weight excluding hydrogens is 210 g/mol. The van der Waals surface area contributed by atoms with Crippen molar-refractivity contribution in [2.45, 2.75) is 39.7 Å². The van der Waals surface area contributed by atoms with Crippen molar-refractivity contribution in [2.75, 3.05) is 6.54 Å². The number of nitriles is 1. The van der Waals surface area contributed by atoms with Crippen molar-refractivity contribution in [1.29, 1.82) is 5.26 Å². The highest BCUT2D eigenvalue weighted by Crippen LogP contribution is 2.22. The molecule has 0 amide bonds.